The molecular formula is C23H30N2O3S. The maximum absolute atomic E-state index is 13.4. The van der Waals surface area contributed by atoms with E-state index in [1.54, 1.807) is 4.31 Å². The maximum Gasteiger partial charge on any atom is 0.243 e. The summed E-state index contributed by atoms with van der Waals surface area (Å²) in [5, 5.41) is 2.93. The molecule has 0 aromatic heterocycles. The van der Waals surface area contributed by atoms with Crippen LogP contribution in [0.15, 0.2) is 35.2 Å². The molecule has 3 rings (SSSR count). The van der Waals surface area contributed by atoms with Gasteiger partial charge < -0.3 is 5.32 Å². The van der Waals surface area contributed by atoms with Gasteiger partial charge in [-0.1, -0.05) is 18.2 Å². The van der Waals surface area contributed by atoms with Crippen molar-refractivity contribution in [3.8, 4) is 0 Å². The number of sulfonamides is 1. The minimum absolute atomic E-state index is 0.0392. The Kier molecular flexibility index (Phi) is 6.15. The number of carbonyl (C=O) groups excluding carboxylic acids is 1. The summed E-state index contributed by atoms with van der Waals surface area (Å²) in [5.74, 6) is -0.215. The highest BCUT2D eigenvalue weighted by Gasteiger charge is 2.34. The molecule has 5 nitrogen and oxygen atoms in total. The Hall–Kier alpha value is -2.18. The molecule has 1 saturated heterocycles. The van der Waals surface area contributed by atoms with E-state index >= 15 is 0 Å². The van der Waals surface area contributed by atoms with Gasteiger partial charge in [-0.25, -0.2) is 8.42 Å². The molecule has 0 bridgehead atoms. The van der Waals surface area contributed by atoms with E-state index in [0.717, 1.165) is 33.5 Å². The van der Waals surface area contributed by atoms with Crippen molar-refractivity contribution in [3.63, 3.8) is 0 Å². The van der Waals surface area contributed by atoms with E-state index in [1.165, 1.54) is 0 Å². The molecule has 1 heterocycles. The molecule has 1 amide bonds. The van der Waals surface area contributed by atoms with Gasteiger partial charge in [-0.05, 0) is 87.4 Å². The summed E-state index contributed by atoms with van der Waals surface area (Å²) < 4.78 is 28.4. The van der Waals surface area contributed by atoms with Crippen LogP contribution in [0, 0.1) is 40.5 Å². The second kappa shape index (κ2) is 8.28. The highest BCUT2D eigenvalue weighted by Crippen LogP contribution is 2.33. The van der Waals surface area contributed by atoms with Gasteiger partial charge in [0.1, 0.15) is 0 Å². The zero-order chi connectivity index (χ0) is 21.3. The molecule has 0 radical (unpaired) electrons. The highest BCUT2D eigenvalue weighted by molar-refractivity contribution is 7.89. The van der Waals surface area contributed by atoms with Crippen molar-refractivity contribution in [1.82, 2.24) is 4.31 Å². The van der Waals surface area contributed by atoms with Gasteiger partial charge in [-0.2, -0.15) is 4.31 Å². The molecule has 0 unspecified atom stereocenters. The summed E-state index contributed by atoms with van der Waals surface area (Å²) in [4.78, 5) is 13.0. The molecule has 1 fully saturated rings. The van der Waals surface area contributed by atoms with Crippen molar-refractivity contribution in [2.45, 2.75) is 52.4 Å². The Balaban J connectivity index is 1.76. The van der Waals surface area contributed by atoms with Crippen molar-refractivity contribution in [1.29, 1.82) is 0 Å². The maximum atomic E-state index is 13.4. The fourth-order valence-corrected chi connectivity index (χ4v) is 6.14. The molecule has 2 aromatic carbocycles. The van der Waals surface area contributed by atoms with Gasteiger partial charge in [-0.3, -0.25) is 4.79 Å². The van der Waals surface area contributed by atoms with Crippen molar-refractivity contribution in [2.24, 2.45) is 5.92 Å². The van der Waals surface area contributed by atoms with Crippen LogP contribution in [0.1, 0.15) is 40.7 Å². The predicted molar refractivity (Wildman–Crippen MR) is 117 cm³/mol. The molecule has 1 N–H and O–H groups in total. The smallest absolute Gasteiger partial charge is 0.243 e. The number of carbonyl (C=O) groups is 1. The number of para-hydroxylation sites is 1. The summed E-state index contributed by atoms with van der Waals surface area (Å²) in [6, 6.07) is 9.36. The second-order valence-electron chi connectivity index (χ2n) is 7.99. The number of rotatable bonds is 4. The molecule has 0 saturated carbocycles. The quantitative estimate of drug-likeness (QED) is 0.812. The Morgan fingerprint density at radius 2 is 1.34 bits per heavy atom. The highest BCUT2D eigenvalue weighted by atomic mass is 32.2. The first-order chi connectivity index (χ1) is 13.6. The second-order valence-corrected chi connectivity index (χ2v) is 9.86. The number of amides is 1. The summed E-state index contributed by atoms with van der Waals surface area (Å²) >= 11 is 0. The van der Waals surface area contributed by atoms with Crippen LogP contribution in [0.5, 0.6) is 0 Å². The predicted octanol–water partition coefficient (Wildman–Crippen LogP) is 4.27. The molecule has 156 valence electrons. The van der Waals surface area contributed by atoms with Gasteiger partial charge in [-0.15, -0.1) is 0 Å². The topological polar surface area (TPSA) is 66.5 Å². The fraction of sp³-hybridized carbons (Fsp3) is 0.435. The molecule has 0 atom stereocenters. The van der Waals surface area contributed by atoms with Gasteiger partial charge in [0.25, 0.3) is 0 Å². The summed E-state index contributed by atoms with van der Waals surface area (Å²) in [6.07, 6.45) is 1.06. The van der Waals surface area contributed by atoms with Gasteiger partial charge in [0.05, 0.1) is 4.90 Å². The molecular weight excluding hydrogens is 384 g/mol. The van der Waals surface area contributed by atoms with Gasteiger partial charge in [0, 0.05) is 24.7 Å². The van der Waals surface area contributed by atoms with Crippen molar-refractivity contribution < 1.29 is 13.2 Å². The lowest BCUT2D eigenvalue weighted by Crippen LogP contribution is -2.42. The fourth-order valence-electron chi connectivity index (χ4n) is 4.11. The number of piperidine rings is 1. The van der Waals surface area contributed by atoms with E-state index in [0.29, 0.717) is 30.8 Å². The third kappa shape index (κ3) is 4.09. The standard InChI is InChI=1S/C23H30N2O3S/c1-15-16(2)18(4)22(19(5)17(15)3)29(27,28)25-13-11-20(12-14-25)23(26)24-21-9-7-6-8-10-21/h6-10,20H,11-14H2,1-5H3,(H,24,26). The first kappa shape index (κ1) is 21.5. The van der Waals surface area contributed by atoms with Crippen LogP contribution in [0.2, 0.25) is 0 Å². The number of benzene rings is 2. The Labute approximate surface area is 174 Å². The molecule has 29 heavy (non-hydrogen) atoms. The SMILES string of the molecule is Cc1c(C)c(C)c(S(=O)(=O)N2CCC(C(=O)Nc3ccccc3)CC2)c(C)c1C. The lowest BCUT2D eigenvalue weighted by Gasteiger charge is -2.32. The van der Waals surface area contributed by atoms with Crippen molar-refractivity contribution in [2.75, 3.05) is 18.4 Å². The van der Waals surface area contributed by atoms with E-state index < -0.39 is 10.0 Å². The van der Waals surface area contributed by atoms with Gasteiger partial charge in [0.2, 0.25) is 15.9 Å². The van der Waals surface area contributed by atoms with E-state index in [1.807, 2.05) is 65.0 Å². The van der Waals surface area contributed by atoms with Crippen LogP contribution in [0.3, 0.4) is 0 Å². The van der Waals surface area contributed by atoms with Crippen LogP contribution in [0.25, 0.3) is 0 Å². The lowest BCUT2D eigenvalue weighted by molar-refractivity contribution is -0.120. The Bertz CT molecular complexity index is 993. The van der Waals surface area contributed by atoms with Crippen LogP contribution in [-0.4, -0.2) is 31.7 Å². The van der Waals surface area contributed by atoms with E-state index in [9.17, 15) is 13.2 Å². The van der Waals surface area contributed by atoms with Gasteiger partial charge in [0.15, 0.2) is 0 Å². The van der Waals surface area contributed by atoms with E-state index in [2.05, 4.69) is 5.32 Å². The largest absolute Gasteiger partial charge is 0.326 e. The molecule has 0 spiro atoms. The zero-order valence-electron chi connectivity index (χ0n) is 17.9. The van der Waals surface area contributed by atoms with Crippen molar-refractivity contribution >= 4 is 21.6 Å². The number of hydrogen-bond donors (Lipinski definition) is 1. The average molecular weight is 415 g/mol. The summed E-state index contributed by atoms with van der Waals surface area (Å²) in [5.41, 5.74) is 5.64. The molecule has 2 aromatic rings. The zero-order valence-corrected chi connectivity index (χ0v) is 18.7. The first-order valence-electron chi connectivity index (χ1n) is 10.1. The minimum Gasteiger partial charge on any atom is -0.326 e. The van der Waals surface area contributed by atoms with Crippen LogP contribution in [0.4, 0.5) is 5.69 Å². The lowest BCUT2D eigenvalue weighted by atomic mass is 9.95. The summed E-state index contributed by atoms with van der Waals surface area (Å²) in [7, 11) is -3.59. The minimum atomic E-state index is -3.59. The van der Waals surface area contributed by atoms with Crippen LogP contribution >= 0.6 is 0 Å². The van der Waals surface area contributed by atoms with E-state index in [-0.39, 0.29) is 11.8 Å². The number of anilines is 1. The number of nitrogens with zero attached hydrogens (tertiary/aromatic N) is 1. The first-order valence-corrected chi connectivity index (χ1v) is 11.5. The summed E-state index contributed by atoms with van der Waals surface area (Å²) in [6.45, 7) is 10.5. The monoisotopic (exact) mass is 414 g/mol. The molecule has 1 aliphatic heterocycles. The molecule has 0 aliphatic carbocycles. The number of nitrogens with one attached hydrogen (secondary N) is 1. The van der Waals surface area contributed by atoms with Gasteiger partial charge >= 0.3 is 0 Å². The number of hydrogen-bond acceptors (Lipinski definition) is 3. The van der Waals surface area contributed by atoms with Crippen LogP contribution < -0.4 is 5.32 Å². The third-order valence-corrected chi connectivity index (χ3v) is 8.57. The normalized spacial score (nSPS) is 16.0. The Morgan fingerprint density at radius 3 is 1.86 bits per heavy atom. The Morgan fingerprint density at radius 1 is 0.862 bits per heavy atom. The molecule has 1 aliphatic rings. The van der Waals surface area contributed by atoms with Crippen molar-refractivity contribution in [3.05, 3.63) is 58.1 Å². The van der Waals surface area contributed by atoms with Crippen LogP contribution in [-0.2, 0) is 14.8 Å². The molecule has 6 heteroatoms. The third-order valence-electron chi connectivity index (χ3n) is 6.40. The van der Waals surface area contributed by atoms with E-state index in [4.69, 9.17) is 0 Å². The average Bonchev–Trinajstić information content (AvgIpc) is 2.71.